The number of hydrogen-bond acceptors (Lipinski definition) is 0. The molecule has 0 bridgehead atoms. The van der Waals surface area contributed by atoms with Crippen molar-refractivity contribution in [2.45, 2.75) is 32.5 Å². The maximum absolute atomic E-state index is 3.91. The van der Waals surface area contributed by atoms with Gasteiger partial charge in [-0.3, -0.25) is 0 Å². The average Bonchev–Trinajstić information content (AvgIpc) is 3.20. The fourth-order valence-electron chi connectivity index (χ4n) is 5.57. The van der Waals surface area contributed by atoms with Crippen molar-refractivity contribution in [3.05, 3.63) is 79.9 Å². The smallest absolute Gasteiger partial charge is 0.0934 e. The fourth-order valence-corrected chi connectivity index (χ4v) is 11.3. The van der Waals surface area contributed by atoms with E-state index in [0.717, 1.165) is 0 Å². The maximum Gasteiger partial charge on any atom is 0.0934 e. The number of aryl methyl sites for hydroxylation is 1. The Morgan fingerprint density at radius 1 is 0.931 bits per heavy atom. The van der Waals surface area contributed by atoms with Gasteiger partial charge in [-0.1, -0.05) is 70.5 Å². The number of allylic oxidation sites excluding steroid dienone is 1. The molecule has 1 aliphatic carbocycles. The number of hydrogen-bond donors (Lipinski definition) is 1. The summed E-state index contributed by atoms with van der Waals surface area (Å²) in [5.74, 6) is 0. The van der Waals surface area contributed by atoms with Crippen molar-refractivity contribution in [1.82, 2.24) is 4.98 Å². The van der Waals surface area contributed by atoms with Crippen LogP contribution in [-0.4, -0.2) is 13.1 Å². The van der Waals surface area contributed by atoms with E-state index in [1.807, 2.05) is 6.20 Å². The third-order valence-electron chi connectivity index (χ3n) is 6.56. The lowest BCUT2D eigenvalue weighted by molar-refractivity contribution is 1.08. The monoisotopic (exact) mass is 523 g/mol. The maximum atomic E-state index is 3.91. The molecule has 1 unspecified atom stereocenters. The summed E-state index contributed by atoms with van der Waals surface area (Å²) in [6.45, 7) is 9.69. The van der Waals surface area contributed by atoms with Crippen LogP contribution in [0.4, 0.5) is 0 Å². The van der Waals surface area contributed by atoms with Crippen LogP contribution >= 0.6 is 31.9 Å². The van der Waals surface area contributed by atoms with Gasteiger partial charge in [0, 0.05) is 31.6 Å². The molecule has 1 atom stereocenters. The van der Waals surface area contributed by atoms with Gasteiger partial charge in [0.2, 0.25) is 0 Å². The first kappa shape index (κ1) is 19.3. The van der Waals surface area contributed by atoms with Crippen LogP contribution in [0.25, 0.3) is 27.8 Å². The Morgan fingerprint density at radius 2 is 1.72 bits per heavy atom. The highest BCUT2D eigenvalue weighted by Gasteiger charge is 2.42. The van der Waals surface area contributed by atoms with E-state index in [0.29, 0.717) is 5.54 Å². The molecule has 0 saturated carbocycles. The first-order valence-electron chi connectivity index (χ1n) is 9.96. The molecule has 0 radical (unpaired) electrons. The number of aromatic amines is 1. The lowest BCUT2D eigenvalue weighted by atomic mass is 10.1. The Kier molecular flexibility index (Phi) is 4.47. The summed E-state index contributed by atoms with van der Waals surface area (Å²) >= 11 is 7.67. The first-order chi connectivity index (χ1) is 13.8. The van der Waals surface area contributed by atoms with E-state index >= 15 is 0 Å². The van der Waals surface area contributed by atoms with Crippen LogP contribution in [0.1, 0.15) is 29.2 Å². The molecule has 0 spiro atoms. The molecule has 0 amide bonds. The van der Waals surface area contributed by atoms with Crippen molar-refractivity contribution >= 4 is 72.9 Å². The molecule has 1 heterocycles. The standard InChI is InChI=1S/C25H23Br2NSi/c1-14-11-18-16(7-5-9-21(18)26)24(14)29(3,4)25-15(2)12-19-20(25)13-22-17(23(19)27)8-6-10-28-22/h5-13,24,28H,1-4H3. The van der Waals surface area contributed by atoms with E-state index in [9.17, 15) is 0 Å². The van der Waals surface area contributed by atoms with Gasteiger partial charge in [0.1, 0.15) is 0 Å². The molecule has 3 aromatic carbocycles. The van der Waals surface area contributed by atoms with Crippen LogP contribution in [0, 0.1) is 6.92 Å². The van der Waals surface area contributed by atoms with E-state index in [1.54, 1.807) is 5.19 Å². The molecule has 0 aliphatic heterocycles. The average molecular weight is 525 g/mol. The minimum Gasteiger partial charge on any atom is -0.361 e. The molecule has 1 aliphatic rings. The minimum atomic E-state index is -1.87. The zero-order chi connectivity index (χ0) is 20.5. The molecule has 1 N–H and O–H groups in total. The summed E-state index contributed by atoms with van der Waals surface area (Å²) in [5, 5.41) is 5.55. The van der Waals surface area contributed by atoms with E-state index in [4.69, 9.17) is 0 Å². The van der Waals surface area contributed by atoms with Gasteiger partial charge in [-0.05, 0) is 75.1 Å². The number of rotatable bonds is 2. The van der Waals surface area contributed by atoms with Gasteiger partial charge in [0.15, 0.2) is 0 Å². The summed E-state index contributed by atoms with van der Waals surface area (Å²) in [4.78, 5) is 3.44. The van der Waals surface area contributed by atoms with Crippen LogP contribution in [0.15, 0.2) is 63.2 Å². The Labute approximate surface area is 189 Å². The number of halogens is 2. The van der Waals surface area contributed by atoms with E-state index < -0.39 is 8.07 Å². The van der Waals surface area contributed by atoms with E-state index in [2.05, 4.69) is 112 Å². The van der Waals surface area contributed by atoms with Crippen LogP contribution in [0.5, 0.6) is 0 Å². The van der Waals surface area contributed by atoms with Crippen LogP contribution in [0.2, 0.25) is 13.1 Å². The number of H-pyrrole nitrogens is 1. The van der Waals surface area contributed by atoms with Gasteiger partial charge in [-0.15, -0.1) is 0 Å². The van der Waals surface area contributed by atoms with Crippen LogP contribution in [0.3, 0.4) is 0 Å². The van der Waals surface area contributed by atoms with Crippen LogP contribution < -0.4 is 5.19 Å². The van der Waals surface area contributed by atoms with Gasteiger partial charge in [-0.2, -0.15) is 0 Å². The normalized spacial score (nSPS) is 16.5. The number of benzene rings is 2. The number of aromatic nitrogens is 1. The second-order valence-electron chi connectivity index (χ2n) is 8.77. The molecule has 1 aromatic heterocycles. The van der Waals surface area contributed by atoms with Crippen molar-refractivity contribution in [3.63, 3.8) is 0 Å². The van der Waals surface area contributed by atoms with E-state index in [1.165, 1.54) is 52.9 Å². The van der Waals surface area contributed by atoms with Gasteiger partial charge >= 0.3 is 0 Å². The summed E-state index contributed by atoms with van der Waals surface area (Å²) in [5.41, 5.74) is 7.43. The predicted molar refractivity (Wildman–Crippen MR) is 136 cm³/mol. The largest absolute Gasteiger partial charge is 0.361 e. The second-order valence-corrected chi connectivity index (χ2v) is 14.9. The molecule has 146 valence electrons. The van der Waals surface area contributed by atoms with Crippen molar-refractivity contribution in [2.75, 3.05) is 0 Å². The number of fused-ring (bicyclic) bond motifs is 3. The molecule has 4 aromatic rings. The highest BCUT2D eigenvalue weighted by atomic mass is 79.9. The molecule has 0 fully saturated rings. The highest BCUT2D eigenvalue weighted by molar-refractivity contribution is 9.11. The summed E-state index contributed by atoms with van der Waals surface area (Å²) in [7, 11) is -1.87. The molecular weight excluding hydrogens is 502 g/mol. The predicted octanol–water partition coefficient (Wildman–Crippen LogP) is 7.81. The topological polar surface area (TPSA) is 15.8 Å². The highest BCUT2D eigenvalue weighted by Crippen LogP contribution is 2.46. The van der Waals surface area contributed by atoms with Crippen LogP contribution in [-0.2, 0) is 0 Å². The fraction of sp³-hybridized carbons (Fsp3) is 0.200. The molecule has 5 rings (SSSR count). The SMILES string of the molecule is CC1=Cc2c(Br)cccc2C1[Si](C)(C)c1c(C)cc2c(Br)c3ccc[nH]c3cc12. The third kappa shape index (κ3) is 2.76. The zero-order valence-electron chi connectivity index (χ0n) is 17.0. The summed E-state index contributed by atoms with van der Waals surface area (Å²) in [6, 6.07) is 15.6. The lowest BCUT2D eigenvalue weighted by Crippen LogP contribution is -2.48. The van der Waals surface area contributed by atoms with Crippen molar-refractivity contribution in [1.29, 1.82) is 0 Å². The third-order valence-corrected chi connectivity index (χ3v) is 12.3. The molecule has 29 heavy (non-hydrogen) atoms. The quantitative estimate of drug-likeness (QED) is 0.257. The molecule has 1 nitrogen and oxygen atoms in total. The van der Waals surface area contributed by atoms with E-state index in [-0.39, 0.29) is 0 Å². The Bertz CT molecular complexity index is 1330. The minimum absolute atomic E-state index is 0.494. The second kappa shape index (κ2) is 6.69. The molecule has 0 saturated heterocycles. The molecule has 4 heteroatoms. The Morgan fingerprint density at radius 3 is 2.52 bits per heavy atom. The van der Waals surface area contributed by atoms with Gasteiger partial charge in [0.25, 0.3) is 0 Å². The van der Waals surface area contributed by atoms with Gasteiger partial charge < -0.3 is 4.98 Å². The van der Waals surface area contributed by atoms with Crippen molar-refractivity contribution < 1.29 is 0 Å². The van der Waals surface area contributed by atoms with Crippen molar-refractivity contribution in [3.8, 4) is 0 Å². The number of pyridine rings is 1. The summed E-state index contributed by atoms with van der Waals surface area (Å²) in [6.07, 6.45) is 4.40. The Balaban J connectivity index is 1.79. The Hall–Kier alpha value is -1.62. The number of nitrogens with one attached hydrogen (secondary N) is 1. The zero-order valence-corrected chi connectivity index (χ0v) is 21.2. The summed E-state index contributed by atoms with van der Waals surface area (Å²) < 4.78 is 2.40. The molecular formula is C25H23Br2NSi. The first-order valence-corrected chi connectivity index (χ1v) is 14.6. The van der Waals surface area contributed by atoms with Crippen molar-refractivity contribution in [2.24, 2.45) is 0 Å². The lowest BCUT2D eigenvalue weighted by Gasteiger charge is -2.33. The van der Waals surface area contributed by atoms with Gasteiger partial charge in [-0.25, -0.2) is 0 Å². The van der Waals surface area contributed by atoms with Gasteiger partial charge in [0.05, 0.1) is 8.07 Å².